The maximum absolute atomic E-state index is 13.2. The molecule has 8 heteroatoms. The van der Waals surface area contributed by atoms with E-state index in [0.29, 0.717) is 28.3 Å². The lowest BCUT2D eigenvalue weighted by Crippen LogP contribution is -2.02. The predicted molar refractivity (Wildman–Crippen MR) is 138 cm³/mol. The number of nitrogens with zero attached hydrogens (tertiary/aromatic N) is 4. The number of hydrogen-bond acceptors (Lipinski definition) is 5. The Morgan fingerprint density at radius 2 is 1.86 bits per heavy atom. The Morgan fingerprint density at radius 3 is 2.63 bits per heavy atom. The first kappa shape index (κ1) is 24.3. The molecule has 4 aromatic heterocycles. The van der Waals surface area contributed by atoms with Gasteiger partial charge in [0.2, 0.25) is 0 Å². The zero-order valence-electron chi connectivity index (χ0n) is 20.3. The van der Waals surface area contributed by atoms with Crippen LogP contribution in [0.3, 0.4) is 0 Å². The molecule has 0 saturated carbocycles. The molecule has 0 aliphatic heterocycles. The number of benzene rings is 1. The molecular weight excluding hydrogens is 443 g/mol. The SMILES string of the molecule is CC.CC(O)c1cnn2c(N)cc(-c3cncc(F)c3)nc12.c1ccc2c3c([nH]c2c1)CCCC3. The van der Waals surface area contributed by atoms with Gasteiger partial charge in [-0.05, 0) is 50.3 Å². The molecule has 0 amide bonds. The Morgan fingerprint density at radius 1 is 1.09 bits per heavy atom. The van der Waals surface area contributed by atoms with E-state index in [1.165, 1.54) is 65.3 Å². The van der Waals surface area contributed by atoms with Gasteiger partial charge < -0.3 is 15.8 Å². The van der Waals surface area contributed by atoms with Crippen LogP contribution in [0.2, 0.25) is 0 Å². The van der Waals surface area contributed by atoms with Gasteiger partial charge in [0.05, 0.1) is 24.2 Å². The molecule has 4 N–H and O–H groups in total. The quantitative estimate of drug-likeness (QED) is 0.307. The van der Waals surface area contributed by atoms with Gasteiger partial charge >= 0.3 is 0 Å². The highest BCUT2D eigenvalue weighted by Crippen LogP contribution is 2.28. The molecule has 0 saturated heterocycles. The summed E-state index contributed by atoms with van der Waals surface area (Å²) in [5, 5.41) is 15.2. The first-order valence-corrected chi connectivity index (χ1v) is 12.0. The van der Waals surface area contributed by atoms with Crippen molar-refractivity contribution in [3.05, 3.63) is 77.6 Å². The molecule has 1 aliphatic rings. The summed E-state index contributed by atoms with van der Waals surface area (Å²) in [6, 6.07) is 11.5. The highest BCUT2D eigenvalue weighted by atomic mass is 19.1. The number of H-pyrrole nitrogens is 1. The summed E-state index contributed by atoms with van der Waals surface area (Å²) in [5.41, 5.74) is 12.3. The first-order chi connectivity index (χ1) is 17.0. The van der Waals surface area contributed by atoms with E-state index >= 15 is 0 Å². The summed E-state index contributed by atoms with van der Waals surface area (Å²) in [5.74, 6) is -0.104. The largest absolute Gasteiger partial charge is 0.389 e. The number of halogens is 1. The van der Waals surface area contributed by atoms with Gasteiger partial charge in [0.25, 0.3) is 0 Å². The molecule has 182 valence electrons. The van der Waals surface area contributed by atoms with Crippen molar-refractivity contribution < 1.29 is 9.50 Å². The monoisotopic (exact) mass is 474 g/mol. The Balaban J connectivity index is 0.000000166. The molecule has 4 heterocycles. The standard InChI is InChI=1S/C13H12FN5O.C12H13N.C2H6/c1-7(20)10-6-17-19-12(15)3-11(18-13(10)19)8-2-9(14)5-16-4-8;1-3-7-11-9(5-1)10-6-2-4-8-12(10)13-11;1-2/h2-7,20H,15H2,1H3;1,3,5,7,13H,2,4,6,8H2;1-2H3. The van der Waals surface area contributed by atoms with Crippen LogP contribution in [0.4, 0.5) is 10.2 Å². The third-order valence-electron chi connectivity index (χ3n) is 5.98. The molecule has 0 bridgehead atoms. The fourth-order valence-electron chi connectivity index (χ4n) is 4.36. The topological polar surface area (TPSA) is 105 Å². The second-order valence-corrected chi connectivity index (χ2v) is 8.30. The van der Waals surface area contributed by atoms with Gasteiger partial charge in [-0.2, -0.15) is 9.61 Å². The predicted octanol–water partition coefficient (Wildman–Crippen LogP) is 5.64. The van der Waals surface area contributed by atoms with Gasteiger partial charge in [-0.3, -0.25) is 4.98 Å². The summed E-state index contributed by atoms with van der Waals surface area (Å²) in [6.07, 6.45) is 8.61. The van der Waals surface area contributed by atoms with Crippen LogP contribution in [0.25, 0.3) is 27.8 Å². The molecule has 0 fully saturated rings. The number of hydrogen-bond donors (Lipinski definition) is 3. The molecule has 35 heavy (non-hydrogen) atoms. The van der Waals surface area contributed by atoms with Crippen LogP contribution in [-0.2, 0) is 12.8 Å². The number of aliphatic hydroxyl groups excluding tert-OH is 1. The number of rotatable bonds is 2. The van der Waals surface area contributed by atoms with Crippen LogP contribution in [-0.4, -0.2) is 29.7 Å². The van der Waals surface area contributed by atoms with Crippen LogP contribution in [0.15, 0.2) is 55.0 Å². The number of fused-ring (bicyclic) bond motifs is 4. The normalized spacial score (nSPS) is 13.4. The number of aromatic nitrogens is 5. The number of nitrogens with one attached hydrogen (secondary N) is 1. The second kappa shape index (κ2) is 10.7. The van der Waals surface area contributed by atoms with Crippen molar-refractivity contribution in [2.45, 2.75) is 52.6 Å². The van der Waals surface area contributed by atoms with Crippen molar-refractivity contribution >= 4 is 22.4 Å². The van der Waals surface area contributed by atoms with Crippen LogP contribution < -0.4 is 5.73 Å². The highest BCUT2D eigenvalue weighted by molar-refractivity contribution is 5.84. The third kappa shape index (κ3) is 5.02. The third-order valence-corrected chi connectivity index (χ3v) is 5.98. The summed E-state index contributed by atoms with van der Waals surface area (Å²) in [7, 11) is 0. The molecule has 0 radical (unpaired) electrons. The van der Waals surface area contributed by atoms with Crippen molar-refractivity contribution in [1.29, 1.82) is 0 Å². The lowest BCUT2D eigenvalue weighted by atomic mass is 9.96. The van der Waals surface area contributed by atoms with Crippen LogP contribution in [0, 0.1) is 5.82 Å². The number of pyridine rings is 1. The number of para-hydroxylation sites is 1. The first-order valence-electron chi connectivity index (χ1n) is 12.0. The van der Waals surface area contributed by atoms with Crippen LogP contribution >= 0.6 is 0 Å². The number of aryl methyl sites for hydroxylation is 2. The molecule has 1 aliphatic carbocycles. The minimum absolute atomic E-state index is 0.348. The number of nitrogens with two attached hydrogens (primary N) is 1. The van der Waals surface area contributed by atoms with Gasteiger partial charge in [0, 0.05) is 40.0 Å². The van der Waals surface area contributed by atoms with Gasteiger partial charge in [-0.15, -0.1) is 0 Å². The lowest BCUT2D eigenvalue weighted by Gasteiger charge is -2.10. The van der Waals surface area contributed by atoms with Crippen molar-refractivity contribution in [2.75, 3.05) is 5.73 Å². The van der Waals surface area contributed by atoms with E-state index in [9.17, 15) is 9.50 Å². The maximum Gasteiger partial charge on any atom is 0.163 e. The van der Waals surface area contributed by atoms with E-state index in [2.05, 4.69) is 44.3 Å². The van der Waals surface area contributed by atoms with Crippen molar-refractivity contribution in [3.63, 3.8) is 0 Å². The zero-order valence-corrected chi connectivity index (χ0v) is 20.3. The molecule has 6 rings (SSSR count). The van der Waals surface area contributed by atoms with Crippen molar-refractivity contribution in [3.8, 4) is 11.3 Å². The minimum Gasteiger partial charge on any atom is -0.389 e. The lowest BCUT2D eigenvalue weighted by molar-refractivity contribution is 0.200. The van der Waals surface area contributed by atoms with Crippen molar-refractivity contribution in [2.24, 2.45) is 0 Å². The summed E-state index contributed by atoms with van der Waals surface area (Å²) in [6.45, 7) is 5.62. The van der Waals surface area contributed by atoms with Crippen LogP contribution in [0.1, 0.15) is 56.5 Å². The van der Waals surface area contributed by atoms with Gasteiger partial charge in [0.1, 0.15) is 11.6 Å². The van der Waals surface area contributed by atoms with Gasteiger partial charge in [-0.1, -0.05) is 32.0 Å². The average Bonchev–Trinajstić information content (AvgIpc) is 3.48. The molecule has 7 nitrogen and oxygen atoms in total. The Hall–Kier alpha value is -3.78. The molecule has 5 aromatic rings. The average molecular weight is 475 g/mol. The summed E-state index contributed by atoms with van der Waals surface area (Å²) < 4.78 is 14.7. The van der Waals surface area contributed by atoms with E-state index in [4.69, 9.17) is 5.73 Å². The number of aliphatic hydroxyl groups is 1. The fourth-order valence-corrected chi connectivity index (χ4v) is 4.36. The Kier molecular flexibility index (Phi) is 7.41. The maximum atomic E-state index is 13.2. The fraction of sp³-hybridized carbons (Fsp3) is 0.296. The minimum atomic E-state index is -0.722. The molecule has 1 atom stereocenters. The molecular formula is C27H31FN6O. The number of anilines is 1. The van der Waals surface area contributed by atoms with E-state index in [1.54, 1.807) is 18.6 Å². The Labute approximate surface area is 203 Å². The number of aromatic amines is 1. The van der Waals surface area contributed by atoms with E-state index in [1.807, 2.05) is 13.8 Å². The van der Waals surface area contributed by atoms with E-state index in [-0.39, 0.29) is 0 Å². The smallest absolute Gasteiger partial charge is 0.163 e. The zero-order chi connectivity index (χ0) is 24.9. The highest BCUT2D eigenvalue weighted by Gasteiger charge is 2.15. The van der Waals surface area contributed by atoms with Gasteiger partial charge in [-0.25, -0.2) is 9.37 Å². The van der Waals surface area contributed by atoms with Crippen LogP contribution in [0.5, 0.6) is 0 Å². The van der Waals surface area contributed by atoms with E-state index < -0.39 is 11.9 Å². The second-order valence-electron chi connectivity index (χ2n) is 8.30. The van der Waals surface area contributed by atoms with Gasteiger partial charge in [0.15, 0.2) is 5.65 Å². The molecule has 0 spiro atoms. The number of nitrogen functional groups attached to an aromatic ring is 1. The Bertz CT molecular complexity index is 1440. The molecule has 1 aromatic carbocycles. The summed E-state index contributed by atoms with van der Waals surface area (Å²) >= 11 is 0. The van der Waals surface area contributed by atoms with E-state index in [0.717, 1.165) is 6.20 Å². The summed E-state index contributed by atoms with van der Waals surface area (Å²) in [4.78, 5) is 11.7. The van der Waals surface area contributed by atoms with Crippen molar-refractivity contribution in [1.82, 2.24) is 24.6 Å². The molecule has 1 unspecified atom stereocenters.